The van der Waals surface area contributed by atoms with Crippen molar-refractivity contribution in [3.05, 3.63) is 234 Å². The van der Waals surface area contributed by atoms with Crippen molar-refractivity contribution in [2.45, 2.75) is 19.3 Å². The molecule has 2 aliphatic rings. The Morgan fingerprint density at radius 3 is 1.61 bits per heavy atom. The summed E-state index contributed by atoms with van der Waals surface area (Å²) in [6.07, 6.45) is 0. The topological polar surface area (TPSA) is 3.24 Å². The SMILES string of the molecule is Cc1ccc2c(c1)C1(c3ccccc3-c3ccc(N(c4ccc(-c5cccc6ccccc56)cc4)c4ccccc4-c4ccccc4)cc31)c1cc(C)ccc1-2. The first-order valence-electron chi connectivity index (χ1n) is 19.6. The lowest BCUT2D eigenvalue weighted by Gasteiger charge is -2.33. The Kier molecular flexibility index (Phi) is 7.28. The second kappa shape index (κ2) is 12.5. The predicted molar refractivity (Wildman–Crippen MR) is 235 cm³/mol. The van der Waals surface area contributed by atoms with Gasteiger partial charge in [-0.3, -0.25) is 0 Å². The molecule has 0 bridgehead atoms. The normalized spacial score (nSPS) is 13.0. The van der Waals surface area contributed by atoms with Crippen molar-refractivity contribution in [1.29, 1.82) is 0 Å². The van der Waals surface area contributed by atoms with Crippen molar-refractivity contribution in [2.75, 3.05) is 4.90 Å². The average Bonchev–Trinajstić information content (AvgIpc) is 3.70. The molecule has 56 heavy (non-hydrogen) atoms. The molecule has 0 fully saturated rings. The standard InChI is InChI=1S/C55H39N/c1-36-23-30-47-48-31-24-37(2)34-52(48)55(51(47)33-36)50-21-10-8-19-46(50)49-32-29-42(35-53(49)55)56(54-22-11-9-18-45(54)39-13-4-3-5-14-39)41-27-25-40(26-28-41)44-20-12-16-38-15-6-7-17-43(38)44/h3-35H,1-2H3. The maximum absolute atomic E-state index is 2.50. The number of hydrogen-bond acceptors (Lipinski definition) is 1. The quantitative estimate of drug-likeness (QED) is 0.172. The summed E-state index contributed by atoms with van der Waals surface area (Å²) in [5.41, 5.74) is 21.0. The van der Waals surface area contributed by atoms with Crippen molar-refractivity contribution in [3.63, 3.8) is 0 Å². The molecule has 0 saturated carbocycles. The molecule has 2 aliphatic carbocycles. The molecule has 0 aromatic heterocycles. The van der Waals surface area contributed by atoms with E-state index in [0.717, 1.165) is 17.1 Å². The molecule has 0 saturated heterocycles. The highest BCUT2D eigenvalue weighted by Gasteiger charge is 2.52. The first-order chi connectivity index (χ1) is 27.6. The Labute approximate surface area is 328 Å². The first-order valence-corrected chi connectivity index (χ1v) is 19.6. The molecule has 0 unspecified atom stereocenters. The van der Waals surface area contributed by atoms with Gasteiger partial charge in [-0.1, -0.05) is 181 Å². The van der Waals surface area contributed by atoms with Gasteiger partial charge < -0.3 is 4.90 Å². The minimum atomic E-state index is -0.437. The smallest absolute Gasteiger partial charge is 0.0726 e. The third-order valence-electron chi connectivity index (χ3n) is 12.2. The van der Waals surface area contributed by atoms with Crippen molar-refractivity contribution in [1.82, 2.24) is 0 Å². The highest BCUT2D eigenvalue weighted by Crippen LogP contribution is 2.63. The fourth-order valence-corrected chi connectivity index (χ4v) is 9.76. The van der Waals surface area contributed by atoms with E-state index >= 15 is 0 Å². The van der Waals surface area contributed by atoms with Crippen LogP contribution >= 0.6 is 0 Å². The predicted octanol–water partition coefficient (Wildman–Crippen LogP) is 14.6. The van der Waals surface area contributed by atoms with E-state index in [1.165, 1.54) is 88.7 Å². The van der Waals surface area contributed by atoms with Crippen molar-refractivity contribution in [3.8, 4) is 44.5 Å². The maximum Gasteiger partial charge on any atom is 0.0726 e. The second-order valence-corrected chi connectivity index (χ2v) is 15.4. The molecule has 0 aliphatic heterocycles. The molecule has 11 rings (SSSR count). The molecule has 1 nitrogen and oxygen atoms in total. The number of hydrogen-bond donors (Lipinski definition) is 0. The Balaban J connectivity index is 1.17. The van der Waals surface area contributed by atoms with E-state index < -0.39 is 5.41 Å². The number of anilines is 3. The van der Waals surface area contributed by atoms with E-state index in [4.69, 9.17) is 0 Å². The van der Waals surface area contributed by atoms with Crippen LogP contribution in [0, 0.1) is 13.8 Å². The largest absolute Gasteiger partial charge is 0.310 e. The molecule has 0 heterocycles. The number of nitrogens with zero attached hydrogens (tertiary/aromatic N) is 1. The van der Waals surface area contributed by atoms with Crippen LogP contribution in [0.5, 0.6) is 0 Å². The van der Waals surface area contributed by atoms with E-state index in [1.54, 1.807) is 0 Å². The number of benzene rings is 9. The van der Waals surface area contributed by atoms with Crippen LogP contribution in [0.2, 0.25) is 0 Å². The van der Waals surface area contributed by atoms with E-state index in [1.807, 2.05) is 0 Å². The molecule has 0 N–H and O–H groups in total. The van der Waals surface area contributed by atoms with Crippen LogP contribution in [0.1, 0.15) is 33.4 Å². The molecule has 9 aromatic rings. The van der Waals surface area contributed by atoms with Gasteiger partial charge in [-0.05, 0) is 116 Å². The summed E-state index contributed by atoms with van der Waals surface area (Å²) in [4.78, 5) is 2.47. The van der Waals surface area contributed by atoms with Gasteiger partial charge in [0.15, 0.2) is 0 Å². The van der Waals surface area contributed by atoms with Crippen molar-refractivity contribution in [2.24, 2.45) is 0 Å². The summed E-state index contributed by atoms with van der Waals surface area (Å²) in [5, 5.41) is 2.51. The number of aryl methyl sites for hydroxylation is 2. The van der Waals surface area contributed by atoms with Gasteiger partial charge in [0.1, 0.15) is 0 Å². The summed E-state index contributed by atoms with van der Waals surface area (Å²) >= 11 is 0. The lowest BCUT2D eigenvalue weighted by molar-refractivity contribution is 0.791. The van der Waals surface area contributed by atoms with Gasteiger partial charge in [0.2, 0.25) is 0 Å². The van der Waals surface area contributed by atoms with Gasteiger partial charge in [-0.2, -0.15) is 0 Å². The number of para-hydroxylation sites is 1. The lowest BCUT2D eigenvalue weighted by Crippen LogP contribution is -2.26. The van der Waals surface area contributed by atoms with Crippen molar-refractivity contribution < 1.29 is 0 Å². The molecular weight excluding hydrogens is 675 g/mol. The molecule has 0 radical (unpaired) electrons. The van der Waals surface area contributed by atoms with E-state index in [2.05, 4.69) is 219 Å². The summed E-state index contributed by atoms with van der Waals surface area (Å²) in [6.45, 7) is 4.45. The third kappa shape index (κ3) is 4.74. The number of fused-ring (bicyclic) bond motifs is 11. The van der Waals surface area contributed by atoms with Crippen LogP contribution < -0.4 is 4.90 Å². The Hall–Kier alpha value is -6.96. The molecule has 1 spiro atoms. The second-order valence-electron chi connectivity index (χ2n) is 15.4. The molecule has 1 heteroatoms. The minimum Gasteiger partial charge on any atom is -0.310 e. The van der Waals surface area contributed by atoms with Gasteiger partial charge in [0.25, 0.3) is 0 Å². The highest BCUT2D eigenvalue weighted by molar-refractivity contribution is 5.99. The van der Waals surface area contributed by atoms with Crippen LogP contribution in [0.25, 0.3) is 55.3 Å². The lowest BCUT2D eigenvalue weighted by atomic mass is 9.70. The van der Waals surface area contributed by atoms with Gasteiger partial charge in [-0.25, -0.2) is 0 Å². The Morgan fingerprint density at radius 2 is 0.857 bits per heavy atom. The minimum absolute atomic E-state index is 0.437. The summed E-state index contributed by atoms with van der Waals surface area (Å²) in [5.74, 6) is 0. The van der Waals surface area contributed by atoms with Crippen LogP contribution in [0.3, 0.4) is 0 Å². The molecule has 264 valence electrons. The average molecular weight is 714 g/mol. The van der Waals surface area contributed by atoms with Gasteiger partial charge in [0.05, 0.1) is 11.1 Å². The summed E-state index contributed by atoms with van der Waals surface area (Å²) < 4.78 is 0. The molecule has 9 aromatic carbocycles. The third-order valence-corrected chi connectivity index (χ3v) is 12.2. The number of rotatable bonds is 5. The Morgan fingerprint density at radius 1 is 0.339 bits per heavy atom. The van der Waals surface area contributed by atoms with Gasteiger partial charge in [0, 0.05) is 16.9 Å². The van der Waals surface area contributed by atoms with Crippen molar-refractivity contribution >= 4 is 27.8 Å². The fraction of sp³-hybridized carbons (Fsp3) is 0.0545. The van der Waals surface area contributed by atoms with E-state index in [0.29, 0.717) is 0 Å². The Bertz CT molecular complexity index is 2930. The van der Waals surface area contributed by atoms with Gasteiger partial charge in [-0.15, -0.1) is 0 Å². The fourth-order valence-electron chi connectivity index (χ4n) is 9.76. The highest BCUT2D eigenvalue weighted by atomic mass is 15.1. The van der Waals surface area contributed by atoms with Crippen LogP contribution in [-0.2, 0) is 5.41 Å². The molecular formula is C55H39N. The zero-order valence-electron chi connectivity index (χ0n) is 31.5. The van der Waals surface area contributed by atoms with Crippen LogP contribution in [0.4, 0.5) is 17.1 Å². The van der Waals surface area contributed by atoms with Crippen LogP contribution in [-0.4, -0.2) is 0 Å². The molecule has 0 atom stereocenters. The van der Waals surface area contributed by atoms with Crippen LogP contribution in [0.15, 0.2) is 200 Å². The zero-order valence-corrected chi connectivity index (χ0v) is 31.5. The van der Waals surface area contributed by atoms with E-state index in [9.17, 15) is 0 Å². The summed E-state index contributed by atoms with van der Waals surface area (Å²) in [7, 11) is 0. The summed E-state index contributed by atoms with van der Waals surface area (Å²) in [6, 6.07) is 74.4. The maximum atomic E-state index is 2.50. The molecule has 0 amide bonds. The van der Waals surface area contributed by atoms with Gasteiger partial charge >= 0.3 is 0 Å². The first kappa shape index (κ1) is 32.5. The monoisotopic (exact) mass is 713 g/mol. The zero-order chi connectivity index (χ0) is 37.4. The van der Waals surface area contributed by atoms with E-state index in [-0.39, 0.29) is 0 Å².